The molecule has 2 atom stereocenters. The van der Waals surface area contributed by atoms with Gasteiger partial charge in [-0.25, -0.2) is 0 Å². The quantitative estimate of drug-likeness (QED) is 0.719. The zero-order valence-electron chi connectivity index (χ0n) is 10.4. The number of nitrogens with one attached hydrogen (secondary N) is 1. The standard InChI is InChI=1S/C12H23N3O/c1-10-7-15(8-11(10)2)12(16)9-14-5-3-13-4-6-14/h10-11,13H,3-9H2,1-2H3. The van der Waals surface area contributed by atoms with Crippen LogP contribution in [-0.4, -0.2) is 61.5 Å². The molecule has 2 aliphatic rings. The predicted octanol–water partition coefficient (Wildman–Crippen LogP) is 0.00600. The maximum absolute atomic E-state index is 12.1. The van der Waals surface area contributed by atoms with Crippen LogP contribution in [0.5, 0.6) is 0 Å². The Hall–Kier alpha value is -0.610. The Labute approximate surface area is 98.0 Å². The molecular weight excluding hydrogens is 202 g/mol. The first-order valence-corrected chi connectivity index (χ1v) is 6.37. The van der Waals surface area contributed by atoms with Gasteiger partial charge >= 0.3 is 0 Å². The minimum atomic E-state index is 0.318. The lowest BCUT2D eigenvalue weighted by molar-refractivity contribution is -0.131. The summed E-state index contributed by atoms with van der Waals surface area (Å²) in [5, 5.41) is 3.31. The first-order chi connectivity index (χ1) is 7.66. The van der Waals surface area contributed by atoms with E-state index in [0.29, 0.717) is 24.3 Å². The van der Waals surface area contributed by atoms with E-state index >= 15 is 0 Å². The van der Waals surface area contributed by atoms with Gasteiger partial charge in [-0.2, -0.15) is 0 Å². The summed E-state index contributed by atoms with van der Waals surface area (Å²) in [6.07, 6.45) is 0. The molecule has 0 aliphatic carbocycles. The average Bonchev–Trinajstić information content (AvgIpc) is 2.61. The third-order valence-corrected chi connectivity index (χ3v) is 3.91. The number of likely N-dealkylation sites (tertiary alicyclic amines) is 1. The molecule has 2 fully saturated rings. The normalized spacial score (nSPS) is 32.0. The van der Waals surface area contributed by atoms with Crippen molar-refractivity contribution < 1.29 is 4.79 Å². The van der Waals surface area contributed by atoms with Crippen molar-refractivity contribution in [2.24, 2.45) is 11.8 Å². The van der Waals surface area contributed by atoms with Gasteiger partial charge in [0.2, 0.25) is 5.91 Å². The molecule has 0 radical (unpaired) electrons. The van der Waals surface area contributed by atoms with Crippen molar-refractivity contribution >= 4 is 5.91 Å². The van der Waals surface area contributed by atoms with Gasteiger partial charge in [0.25, 0.3) is 0 Å². The summed E-state index contributed by atoms with van der Waals surface area (Å²) in [7, 11) is 0. The summed E-state index contributed by atoms with van der Waals surface area (Å²) in [5.74, 6) is 1.64. The highest BCUT2D eigenvalue weighted by molar-refractivity contribution is 5.78. The van der Waals surface area contributed by atoms with E-state index in [9.17, 15) is 4.79 Å². The van der Waals surface area contributed by atoms with Crippen LogP contribution in [0.25, 0.3) is 0 Å². The smallest absolute Gasteiger partial charge is 0.236 e. The van der Waals surface area contributed by atoms with E-state index in [4.69, 9.17) is 0 Å². The molecule has 1 amide bonds. The van der Waals surface area contributed by atoms with E-state index in [2.05, 4.69) is 24.1 Å². The molecule has 4 nitrogen and oxygen atoms in total. The monoisotopic (exact) mass is 225 g/mol. The second kappa shape index (κ2) is 5.15. The van der Waals surface area contributed by atoms with Crippen molar-refractivity contribution in [3.05, 3.63) is 0 Å². The number of hydrogen-bond acceptors (Lipinski definition) is 3. The van der Waals surface area contributed by atoms with Gasteiger partial charge in [-0.3, -0.25) is 9.69 Å². The molecule has 2 heterocycles. The highest BCUT2D eigenvalue weighted by Gasteiger charge is 2.29. The molecule has 0 bridgehead atoms. The number of amides is 1. The Morgan fingerprint density at radius 1 is 1.19 bits per heavy atom. The fraction of sp³-hybridized carbons (Fsp3) is 0.917. The van der Waals surface area contributed by atoms with Crippen LogP contribution in [-0.2, 0) is 4.79 Å². The number of piperazine rings is 1. The van der Waals surface area contributed by atoms with Gasteiger partial charge in [0.05, 0.1) is 6.54 Å². The van der Waals surface area contributed by atoms with Gasteiger partial charge in [0.1, 0.15) is 0 Å². The van der Waals surface area contributed by atoms with Crippen LogP contribution in [0.15, 0.2) is 0 Å². The van der Waals surface area contributed by atoms with Crippen molar-refractivity contribution in [3.8, 4) is 0 Å². The Kier molecular flexibility index (Phi) is 3.82. The Balaban J connectivity index is 1.79. The van der Waals surface area contributed by atoms with Crippen LogP contribution in [0.2, 0.25) is 0 Å². The number of hydrogen-bond donors (Lipinski definition) is 1. The average molecular weight is 225 g/mol. The summed E-state index contributed by atoms with van der Waals surface area (Å²) in [5.41, 5.74) is 0. The highest BCUT2D eigenvalue weighted by Crippen LogP contribution is 2.22. The van der Waals surface area contributed by atoms with E-state index in [1.807, 2.05) is 4.90 Å². The molecule has 2 saturated heterocycles. The Morgan fingerprint density at radius 2 is 1.75 bits per heavy atom. The second-order valence-electron chi connectivity index (χ2n) is 5.28. The summed E-state index contributed by atoms with van der Waals surface area (Å²) in [6, 6.07) is 0. The Bertz CT molecular complexity index is 241. The first kappa shape index (κ1) is 11.9. The third kappa shape index (κ3) is 2.74. The molecule has 0 saturated carbocycles. The van der Waals surface area contributed by atoms with Crippen LogP contribution in [0, 0.1) is 11.8 Å². The van der Waals surface area contributed by atoms with Crippen molar-refractivity contribution in [2.45, 2.75) is 13.8 Å². The van der Waals surface area contributed by atoms with Crippen LogP contribution in [0.1, 0.15) is 13.8 Å². The maximum atomic E-state index is 12.1. The number of carbonyl (C=O) groups excluding carboxylic acids is 1. The SMILES string of the molecule is CC1CN(C(=O)CN2CCNCC2)CC1C. The molecular formula is C12H23N3O. The molecule has 92 valence electrons. The van der Waals surface area contributed by atoms with Gasteiger partial charge in [0.15, 0.2) is 0 Å². The lowest BCUT2D eigenvalue weighted by Crippen LogP contribution is -2.48. The summed E-state index contributed by atoms with van der Waals surface area (Å²) in [4.78, 5) is 16.4. The minimum absolute atomic E-state index is 0.318. The predicted molar refractivity (Wildman–Crippen MR) is 64.2 cm³/mol. The lowest BCUT2D eigenvalue weighted by Gasteiger charge is -2.28. The van der Waals surface area contributed by atoms with Crippen LogP contribution < -0.4 is 5.32 Å². The molecule has 2 unspecified atom stereocenters. The number of nitrogens with zero attached hydrogens (tertiary/aromatic N) is 2. The zero-order chi connectivity index (χ0) is 11.5. The molecule has 4 heteroatoms. The largest absolute Gasteiger partial charge is 0.341 e. The molecule has 0 aromatic heterocycles. The fourth-order valence-electron chi connectivity index (χ4n) is 2.49. The Morgan fingerprint density at radius 3 is 2.31 bits per heavy atom. The fourth-order valence-corrected chi connectivity index (χ4v) is 2.49. The minimum Gasteiger partial charge on any atom is -0.341 e. The molecule has 0 aromatic carbocycles. The first-order valence-electron chi connectivity index (χ1n) is 6.37. The van der Waals surface area contributed by atoms with E-state index in [1.165, 1.54) is 0 Å². The lowest BCUT2D eigenvalue weighted by atomic mass is 10.0. The summed E-state index contributed by atoms with van der Waals surface area (Å²) >= 11 is 0. The molecule has 16 heavy (non-hydrogen) atoms. The van der Waals surface area contributed by atoms with Gasteiger partial charge in [0, 0.05) is 39.3 Å². The van der Waals surface area contributed by atoms with E-state index in [-0.39, 0.29) is 0 Å². The van der Waals surface area contributed by atoms with E-state index in [1.54, 1.807) is 0 Å². The van der Waals surface area contributed by atoms with E-state index < -0.39 is 0 Å². The molecule has 0 aromatic rings. The van der Waals surface area contributed by atoms with Crippen molar-refractivity contribution in [3.63, 3.8) is 0 Å². The van der Waals surface area contributed by atoms with Gasteiger partial charge in [-0.15, -0.1) is 0 Å². The van der Waals surface area contributed by atoms with Crippen LogP contribution in [0.3, 0.4) is 0 Å². The van der Waals surface area contributed by atoms with Crippen LogP contribution >= 0.6 is 0 Å². The highest BCUT2D eigenvalue weighted by atomic mass is 16.2. The van der Waals surface area contributed by atoms with Crippen molar-refractivity contribution in [1.29, 1.82) is 0 Å². The van der Waals surface area contributed by atoms with Crippen molar-refractivity contribution in [1.82, 2.24) is 15.1 Å². The zero-order valence-corrected chi connectivity index (χ0v) is 10.4. The summed E-state index contributed by atoms with van der Waals surface area (Å²) < 4.78 is 0. The maximum Gasteiger partial charge on any atom is 0.236 e. The third-order valence-electron chi connectivity index (χ3n) is 3.91. The van der Waals surface area contributed by atoms with Crippen molar-refractivity contribution in [2.75, 3.05) is 45.8 Å². The topological polar surface area (TPSA) is 35.6 Å². The van der Waals surface area contributed by atoms with E-state index in [0.717, 1.165) is 39.3 Å². The molecule has 0 spiro atoms. The molecule has 1 N–H and O–H groups in total. The number of rotatable bonds is 2. The van der Waals surface area contributed by atoms with Gasteiger partial charge < -0.3 is 10.2 Å². The number of carbonyl (C=O) groups is 1. The van der Waals surface area contributed by atoms with Gasteiger partial charge in [-0.05, 0) is 11.8 Å². The van der Waals surface area contributed by atoms with Gasteiger partial charge in [-0.1, -0.05) is 13.8 Å². The van der Waals surface area contributed by atoms with Crippen LogP contribution in [0.4, 0.5) is 0 Å². The summed E-state index contributed by atoms with van der Waals surface area (Å²) in [6.45, 7) is 11.0. The second-order valence-corrected chi connectivity index (χ2v) is 5.28. The molecule has 2 aliphatic heterocycles. The molecule has 2 rings (SSSR count).